The molecule has 28 heavy (non-hydrogen) atoms. The van der Waals surface area contributed by atoms with E-state index in [1.165, 1.54) is 23.8 Å². The maximum Gasteiger partial charge on any atom is 0.123 e. The second-order valence-electron chi connectivity index (χ2n) is 7.17. The molecule has 1 unspecified atom stereocenters. The summed E-state index contributed by atoms with van der Waals surface area (Å²) in [4.78, 5) is 6.74. The molecule has 0 saturated carbocycles. The first-order valence-corrected chi connectivity index (χ1v) is 10.4. The van der Waals surface area contributed by atoms with E-state index < -0.39 is 0 Å². The molecular weight excluding hydrogens is 376 g/mol. The van der Waals surface area contributed by atoms with E-state index in [4.69, 9.17) is 0 Å². The van der Waals surface area contributed by atoms with Crippen molar-refractivity contribution in [2.24, 2.45) is 0 Å². The molecule has 1 aromatic heterocycles. The number of nitrogens with zero attached hydrogens (tertiary/aromatic N) is 2. The van der Waals surface area contributed by atoms with Crippen LogP contribution < -0.4 is 5.32 Å². The Morgan fingerprint density at radius 3 is 2.68 bits per heavy atom. The van der Waals surface area contributed by atoms with E-state index >= 15 is 0 Å². The molecule has 146 valence electrons. The van der Waals surface area contributed by atoms with Crippen LogP contribution in [0.2, 0.25) is 0 Å². The van der Waals surface area contributed by atoms with Crippen LogP contribution in [0.15, 0.2) is 54.0 Å². The van der Waals surface area contributed by atoms with Crippen LogP contribution >= 0.6 is 11.3 Å². The van der Waals surface area contributed by atoms with Crippen molar-refractivity contribution in [2.45, 2.75) is 32.0 Å². The lowest BCUT2D eigenvalue weighted by Crippen LogP contribution is -2.44. The third-order valence-corrected chi connectivity index (χ3v) is 6.01. The average molecular weight is 400 g/mol. The van der Waals surface area contributed by atoms with Gasteiger partial charge < -0.3 is 5.32 Å². The monoisotopic (exact) mass is 399 g/mol. The zero-order chi connectivity index (χ0) is 19.3. The molecule has 0 aliphatic carbocycles. The Labute approximate surface area is 168 Å². The summed E-state index contributed by atoms with van der Waals surface area (Å²) in [5.41, 5.74) is 3.38. The third kappa shape index (κ3) is 4.82. The lowest BCUT2D eigenvalue weighted by atomic mass is 9.90. The molecule has 4 rings (SSSR count). The zero-order valence-corrected chi connectivity index (χ0v) is 16.4. The van der Waals surface area contributed by atoms with Gasteiger partial charge in [0.2, 0.25) is 0 Å². The van der Waals surface area contributed by atoms with Crippen LogP contribution in [0, 0.1) is 11.6 Å². The van der Waals surface area contributed by atoms with Crippen molar-refractivity contribution in [3.63, 3.8) is 0 Å². The Morgan fingerprint density at radius 2 is 1.89 bits per heavy atom. The highest BCUT2D eigenvalue weighted by molar-refractivity contribution is 7.09. The van der Waals surface area contributed by atoms with Crippen molar-refractivity contribution in [1.29, 1.82) is 0 Å². The van der Waals surface area contributed by atoms with Crippen molar-refractivity contribution in [3.8, 4) is 0 Å². The summed E-state index contributed by atoms with van der Waals surface area (Å²) in [6.45, 7) is 3.33. The number of rotatable bonds is 7. The van der Waals surface area contributed by atoms with Gasteiger partial charge >= 0.3 is 0 Å². The third-order valence-electron chi connectivity index (χ3n) is 5.23. The molecule has 0 fully saturated rings. The van der Waals surface area contributed by atoms with E-state index in [2.05, 4.69) is 15.2 Å². The number of benzene rings is 2. The van der Waals surface area contributed by atoms with Gasteiger partial charge in [0.25, 0.3) is 0 Å². The van der Waals surface area contributed by atoms with Gasteiger partial charge in [0.15, 0.2) is 0 Å². The van der Waals surface area contributed by atoms with Crippen molar-refractivity contribution < 1.29 is 8.78 Å². The summed E-state index contributed by atoms with van der Waals surface area (Å²) in [6, 6.07) is 12.1. The zero-order valence-electron chi connectivity index (χ0n) is 15.6. The maximum absolute atomic E-state index is 13.7. The number of hydrogen-bond donors (Lipinski definition) is 1. The van der Waals surface area contributed by atoms with Crippen LogP contribution in [-0.2, 0) is 25.9 Å². The highest BCUT2D eigenvalue weighted by Crippen LogP contribution is 2.26. The Kier molecular flexibility index (Phi) is 6.10. The fourth-order valence-electron chi connectivity index (χ4n) is 3.78. The van der Waals surface area contributed by atoms with E-state index in [1.54, 1.807) is 17.4 Å². The summed E-state index contributed by atoms with van der Waals surface area (Å²) in [7, 11) is 0. The molecule has 0 amide bonds. The van der Waals surface area contributed by atoms with Crippen LogP contribution in [-0.4, -0.2) is 29.0 Å². The Hall–Kier alpha value is -2.15. The highest BCUT2D eigenvalue weighted by atomic mass is 32.1. The SMILES string of the molecule is Fc1ccc(CC2Cc3cc(F)ccc3CN2CCNCc2nccs2)cc1. The molecular formula is C22H23F2N3S. The molecule has 0 spiro atoms. The van der Waals surface area contributed by atoms with Crippen molar-refractivity contribution in [2.75, 3.05) is 13.1 Å². The first kappa shape index (κ1) is 19.2. The van der Waals surface area contributed by atoms with Gasteiger partial charge in [0.05, 0.1) is 0 Å². The molecule has 1 aliphatic rings. The number of hydrogen-bond acceptors (Lipinski definition) is 4. The van der Waals surface area contributed by atoms with Gasteiger partial charge in [-0.25, -0.2) is 13.8 Å². The highest BCUT2D eigenvalue weighted by Gasteiger charge is 2.26. The van der Waals surface area contributed by atoms with E-state index in [-0.39, 0.29) is 17.7 Å². The van der Waals surface area contributed by atoms with Crippen LogP contribution in [0.3, 0.4) is 0 Å². The molecule has 1 aliphatic heterocycles. The predicted molar refractivity (Wildman–Crippen MR) is 108 cm³/mol. The maximum atomic E-state index is 13.7. The summed E-state index contributed by atoms with van der Waals surface area (Å²) in [6.07, 6.45) is 3.45. The standard InChI is InChI=1S/C22H23F2N3S/c23-19-4-1-16(2-5-19)11-21-13-18-12-20(24)6-3-17(18)15-27(21)9-7-25-14-22-26-8-10-28-22/h1-6,8,10,12,21,25H,7,9,11,13-15H2. The van der Waals surface area contributed by atoms with Gasteiger partial charge in [-0.05, 0) is 53.8 Å². The van der Waals surface area contributed by atoms with Gasteiger partial charge in [-0.15, -0.1) is 11.3 Å². The summed E-state index contributed by atoms with van der Waals surface area (Å²) < 4.78 is 26.9. The lowest BCUT2D eigenvalue weighted by Gasteiger charge is -2.37. The molecule has 3 aromatic rings. The minimum absolute atomic E-state index is 0.183. The molecule has 2 heterocycles. The minimum atomic E-state index is -0.219. The van der Waals surface area contributed by atoms with Crippen LogP contribution in [0.25, 0.3) is 0 Å². The Bertz CT molecular complexity index is 897. The smallest absolute Gasteiger partial charge is 0.123 e. The summed E-state index contributed by atoms with van der Waals surface area (Å²) >= 11 is 1.65. The van der Waals surface area contributed by atoms with Crippen molar-refractivity contribution in [1.82, 2.24) is 15.2 Å². The normalized spacial score (nSPS) is 16.9. The fraction of sp³-hybridized carbons (Fsp3) is 0.318. The van der Waals surface area contributed by atoms with Gasteiger partial charge in [-0.3, -0.25) is 4.90 Å². The van der Waals surface area contributed by atoms with Crippen LogP contribution in [0.1, 0.15) is 21.7 Å². The first-order chi connectivity index (χ1) is 13.7. The van der Waals surface area contributed by atoms with E-state index in [0.29, 0.717) is 0 Å². The molecule has 0 bridgehead atoms. The molecule has 3 nitrogen and oxygen atoms in total. The number of halogens is 2. The molecule has 2 aromatic carbocycles. The number of thiazole rings is 1. The molecule has 6 heteroatoms. The predicted octanol–water partition coefficient (Wildman–Crippen LogP) is 4.18. The largest absolute Gasteiger partial charge is 0.309 e. The Balaban J connectivity index is 1.43. The molecule has 1 N–H and O–H groups in total. The number of nitrogens with one attached hydrogen (secondary N) is 1. The first-order valence-electron chi connectivity index (χ1n) is 9.52. The second kappa shape index (κ2) is 8.90. The number of aromatic nitrogens is 1. The van der Waals surface area contributed by atoms with Crippen molar-refractivity contribution >= 4 is 11.3 Å². The summed E-state index contributed by atoms with van der Waals surface area (Å²) in [5, 5.41) is 6.52. The lowest BCUT2D eigenvalue weighted by molar-refractivity contribution is 0.170. The Morgan fingerprint density at radius 1 is 1.07 bits per heavy atom. The van der Waals surface area contributed by atoms with Gasteiger partial charge in [0, 0.05) is 43.8 Å². The summed E-state index contributed by atoms with van der Waals surface area (Å²) in [5.74, 6) is -0.402. The van der Waals surface area contributed by atoms with E-state index in [9.17, 15) is 8.78 Å². The van der Waals surface area contributed by atoms with Crippen molar-refractivity contribution in [3.05, 3.63) is 87.4 Å². The van der Waals surface area contributed by atoms with Gasteiger partial charge in [0.1, 0.15) is 16.6 Å². The van der Waals surface area contributed by atoms with Gasteiger partial charge in [-0.2, -0.15) is 0 Å². The quantitative estimate of drug-likeness (QED) is 0.604. The minimum Gasteiger partial charge on any atom is -0.309 e. The topological polar surface area (TPSA) is 28.2 Å². The van der Waals surface area contributed by atoms with Crippen LogP contribution in [0.5, 0.6) is 0 Å². The molecule has 0 radical (unpaired) electrons. The van der Waals surface area contributed by atoms with Crippen LogP contribution in [0.4, 0.5) is 8.78 Å². The van der Waals surface area contributed by atoms with Gasteiger partial charge in [-0.1, -0.05) is 18.2 Å². The second-order valence-corrected chi connectivity index (χ2v) is 8.15. The molecule has 1 atom stereocenters. The molecule has 0 saturated heterocycles. The average Bonchev–Trinajstić information content (AvgIpc) is 3.21. The number of fused-ring (bicyclic) bond motifs is 1. The fourth-order valence-corrected chi connectivity index (χ4v) is 4.37. The van der Waals surface area contributed by atoms with E-state index in [0.717, 1.165) is 55.2 Å². The van der Waals surface area contributed by atoms with E-state index in [1.807, 2.05) is 29.8 Å².